The van der Waals surface area contributed by atoms with Crippen LogP contribution < -0.4 is 15.2 Å². The van der Waals surface area contributed by atoms with Crippen LogP contribution in [0, 0.1) is 0 Å². The van der Waals surface area contributed by atoms with E-state index in [4.69, 9.17) is 38.9 Å². The number of carbonyl (C=O) groups excluding carboxylic acids is 4. The maximum atomic E-state index is 12.5. The summed E-state index contributed by atoms with van der Waals surface area (Å²) in [5, 5.41) is 0. The summed E-state index contributed by atoms with van der Waals surface area (Å²) < 4.78 is 35.9. The number of unbranched alkanes of at least 4 members (excludes halogenated alkanes) is 6. The lowest BCUT2D eigenvalue weighted by molar-refractivity contribution is -0.152. The van der Waals surface area contributed by atoms with Crippen LogP contribution in [0.15, 0.2) is 18.2 Å². The zero-order valence-electron chi connectivity index (χ0n) is 25.4. The first-order valence-corrected chi connectivity index (χ1v) is 14.8. The van der Waals surface area contributed by atoms with Crippen LogP contribution in [0.5, 0.6) is 11.5 Å². The summed E-state index contributed by atoms with van der Waals surface area (Å²) in [6.07, 6.45) is 4.29. The van der Waals surface area contributed by atoms with Crippen molar-refractivity contribution in [3.05, 3.63) is 23.8 Å². The number of ether oxygens (including phenoxy) is 7. The molecule has 0 saturated carbocycles. The first kappa shape index (κ1) is 36.5. The van der Waals surface area contributed by atoms with Crippen LogP contribution in [0.1, 0.15) is 91.0 Å². The highest BCUT2D eigenvalue weighted by Crippen LogP contribution is 2.30. The molecule has 0 amide bonds. The van der Waals surface area contributed by atoms with Gasteiger partial charge in [-0.2, -0.15) is 0 Å². The standard InChI is InChI=1S/C30H47NO11/c1-5-8-11-16-36-28(33)39-21-22(4)40-27(32)24(31)19-23-14-15-25(41-29(34)37-17-12-9-6-2)26(20-23)42-30(35)38-18-13-10-7-3/h14-15,20,22,24H,5-13,16-19,21,31H2,1-4H3/t22-,24-/m0/s1. The van der Waals surface area contributed by atoms with Crippen molar-refractivity contribution in [3.63, 3.8) is 0 Å². The topological polar surface area (TPSA) is 159 Å². The molecule has 0 aliphatic carbocycles. The van der Waals surface area contributed by atoms with Crippen LogP contribution in [0.4, 0.5) is 14.4 Å². The number of hydrogen-bond acceptors (Lipinski definition) is 12. The Morgan fingerprint density at radius 3 is 1.71 bits per heavy atom. The molecule has 2 N–H and O–H groups in total. The van der Waals surface area contributed by atoms with Gasteiger partial charge in [-0.05, 0) is 50.3 Å². The monoisotopic (exact) mass is 597 g/mol. The molecular weight excluding hydrogens is 550 g/mol. The second-order valence-corrected chi connectivity index (χ2v) is 9.77. The maximum absolute atomic E-state index is 12.5. The lowest BCUT2D eigenvalue weighted by atomic mass is 10.1. The Kier molecular flexibility index (Phi) is 19.2. The average molecular weight is 598 g/mol. The molecule has 0 aliphatic rings. The number of carbonyl (C=O) groups is 4. The smallest absolute Gasteiger partial charge is 0.458 e. The molecule has 0 radical (unpaired) electrons. The first-order chi connectivity index (χ1) is 20.2. The van der Waals surface area contributed by atoms with E-state index in [1.807, 2.05) is 20.8 Å². The van der Waals surface area contributed by atoms with E-state index in [0.29, 0.717) is 18.4 Å². The van der Waals surface area contributed by atoms with Crippen molar-refractivity contribution in [1.82, 2.24) is 0 Å². The van der Waals surface area contributed by atoms with Crippen LogP contribution in [-0.2, 0) is 34.9 Å². The molecule has 1 rings (SSSR count). The van der Waals surface area contributed by atoms with Crippen molar-refractivity contribution >= 4 is 24.4 Å². The number of benzene rings is 1. The molecule has 0 heterocycles. The van der Waals surface area contributed by atoms with Crippen LogP contribution in [0.3, 0.4) is 0 Å². The van der Waals surface area contributed by atoms with Crippen molar-refractivity contribution in [1.29, 1.82) is 0 Å². The highest BCUT2D eigenvalue weighted by molar-refractivity contribution is 5.76. The van der Waals surface area contributed by atoms with Crippen molar-refractivity contribution in [3.8, 4) is 11.5 Å². The molecule has 12 nitrogen and oxygen atoms in total. The molecule has 0 fully saturated rings. The highest BCUT2D eigenvalue weighted by atomic mass is 16.7. The molecular formula is C30H47NO11. The van der Waals surface area contributed by atoms with Gasteiger partial charge in [0.15, 0.2) is 11.5 Å². The van der Waals surface area contributed by atoms with Crippen LogP contribution in [0.25, 0.3) is 0 Å². The van der Waals surface area contributed by atoms with Gasteiger partial charge in [0.1, 0.15) is 18.8 Å². The fourth-order valence-corrected chi connectivity index (χ4v) is 3.49. The van der Waals surface area contributed by atoms with E-state index in [1.165, 1.54) is 12.1 Å². The summed E-state index contributed by atoms with van der Waals surface area (Å²) in [5.74, 6) is -0.886. The summed E-state index contributed by atoms with van der Waals surface area (Å²) in [6, 6.07) is 3.30. The molecule has 238 valence electrons. The van der Waals surface area contributed by atoms with Crippen molar-refractivity contribution in [2.75, 3.05) is 26.4 Å². The van der Waals surface area contributed by atoms with Crippen molar-refractivity contribution in [2.45, 2.75) is 104 Å². The number of esters is 1. The number of hydrogen-bond donors (Lipinski definition) is 1. The zero-order valence-corrected chi connectivity index (χ0v) is 25.4. The summed E-state index contributed by atoms with van der Waals surface area (Å²) >= 11 is 0. The first-order valence-electron chi connectivity index (χ1n) is 14.8. The van der Waals surface area contributed by atoms with E-state index in [-0.39, 0.29) is 44.3 Å². The molecule has 0 spiro atoms. The Labute approximate surface area is 248 Å². The third-order valence-electron chi connectivity index (χ3n) is 5.81. The van der Waals surface area contributed by atoms with Gasteiger partial charge in [-0.15, -0.1) is 0 Å². The predicted molar refractivity (Wildman–Crippen MR) is 154 cm³/mol. The quantitative estimate of drug-likeness (QED) is 0.0781. The predicted octanol–water partition coefficient (Wildman–Crippen LogP) is 6.24. The SMILES string of the molecule is CCCCCOC(=O)OC[C@H](C)OC(=O)[C@@H](N)Cc1ccc(OC(=O)OCCCCC)c(OC(=O)OCCCCC)c1. The Morgan fingerprint density at radius 2 is 1.19 bits per heavy atom. The fraction of sp³-hybridized carbons (Fsp3) is 0.667. The molecule has 2 atom stereocenters. The van der Waals surface area contributed by atoms with Gasteiger partial charge < -0.3 is 38.9 Å². The van der Waals surface area contributed by atoms with Gasteiger partial charge in [0.2, 0.25) is 0 Å². The van der Waals surface area contributed by atoms with Gasteiger partial charge in [0.25, 0.3) is 0 Å². The van der Waals surface area contributed by atoms with Gasteiger partial charge in [-0.1, -0.05) is 65.4 Å². The Bertz CT molecular complexity index is 953. The minimum atomic E-state index is -1.09. The lowest BCUT2D eigenvalue weighted by Gasteiger charge is -2.17. The molecule has 12 heteroatoms. The van der Waals surface area contributed by atoms with E-state index in [2.05, 4.69) is 0 Å². The minimum absolute atomic E-state index is 0.00946. The van der Waals surface area contributed by atoms with E-state index in [9.17, 15) is 19.2 Å². The zero-order chi connectivity index (χ0) is 31.2. The van der Waals surface area contributed by atoms with Gasteiger partial charge in [0, 0.05) is 0 Å². The second kappa shape index (κ2) is 22.1. The van der Waals surface area contributed by atoms with Crippen LogP contribution in [0.2, 0.25) is 0 Å². The summed E-state index contributed by atoms with van der Waals surface area (Å²) in [5.41, 5.74) is 6.54. The van der Waals surface area contributed by atoms with Gasteiger partial charge >= 0.3 is 24.4 Å². The average Bonchev–Trinajstić information content (AvgIpc) is 2.96. The fourth-order valence-electron chi connectivity index (χ4n) is 3.49. The third kappa shape index (κ3) is 16.7. The Morgan fingerprint density at radius 1 is 0.690 bits per heavy atom. The normalized spacial score (nSPS) is 12.0. The molecule has 0 aliphatic heterocycles. The molecule has 0 aromatic heterocycles. The van der Waals surface area contributed by atoms with Crippen molar-refractivity contribution < 1.29 is 52.3 Å². The molecule has 42 heavy (non-hydrogen) atoms. The van der Waals surface area contributed by atoms with E-state index >= 15 is 0 Å². The molecule has 0 unspecified atom stereocenters. The summed E-state index contributed by atoms with van der Waals surface area (Å²) in [7, 11) is 0. The molecule has 1 aromatic rings. The van der Waals surface area contributed by atoms with E-state index in [1.54, 1.807) is 13.0 Å². The van der Waals surface area contributed by atoms with Crippen LogP contribution in [-0.4, -0.2) is 63.0 Å². The number of rotatable bonds is 20. The number of nitrogens with two attached hydrogens (primary N) is 1. The van der Waals surface area contributed by atoms with Crippen LogP contribution >= 0.6 is 0 Å². The second-order valence-electron chi connectivity index (χ2n) is 9.77. The van der Waals surface area contributed by atoms with E-state index < -0.39 is 36.6 Å². The molecule has 1 aromatic carbocycles. The largest absolute Gasteiger partial charge is 0.513 e. The van der Waals surface area contributed by atoms with Gasteiger partial charge in [-0.25, -0.2) is 14.4 Å². The van der Waals surface area contributed by atoms with E-state index in [0.717, 1.165) is 44.9 Å². The molecule has 0 bridgehead atoms. The maximum Gasteiger partial charge on any atom is 0.513 e. The Hall–Kier alpha value is -3.54. The highest BCUT2D eigenvalue weighted by Gasteiger charge is 2.22. The minimum Gasteiger partial charge on any atom is -0.458 e. The summed E-state index contributed by atoms with van der Waals surface area (Å²) in [4.78, 5) is 48.6. The van der Waals surface area contributed by atoms with Gasteiger partial charge in [-0.3, -0.25) is 4.79 Å². The van der Waals surface area contributed by atoms with Crippen molar-refractivity contribution in [2.24, 2.45) is 5.73 Å². The Balaban J connectivity index is 2.76. The summed E-state index contributed by atoms with van der Waals surface area (Å²) in [6.45, 7) is 8.09. The third-order valence-corrected chi connectivity index (χ3v) is 5.81. The lowest BCUT2D eigenvalue weighted by Crippen LogP contribution is -2.37. The molecule has 0 saturated heterocycles. The van der Waals surface area contributed by atoms with Gasteiger partial charge in [0.05, 0.1) is 19.8 Å².